The van der Waals surface area contributed by atoms with Gasteiger partial charge in [0.25, 0.3) is 5.24 Å². The summed E-state index contributed by atoms with van der Waals surface area (Å²) in [5.74, 6) is -0.108. The van der Waals surface area contributed by atoms with Crippen LogP contribution in [-0.4, -0.2) is 36.8 Å². The first kappa shape index (κ1) is 28.7. The first-order valence-corrected chi connectivity index (χ1v) is 11.4. The van der Waals surface area contributed by atoms with Gasteiger partial charge in [0, 0.05) is 16.7 Å². The van der Waals surface area contributed by atoms with Gasteiger partial charge in [0.2, 0.25) is 17.3 Å². The summed E-state index contributed by atoms with van der Waals surface area (Å²) in [6.07, 6.45) is 0. The average Bonchev–Trinajstić information content (AvgIpc) is 2.98. The Kier molecular flexibility index (Phi) is 12.0. The minimum Gasteiger partial charge on any atom is -0.497 e. The monoisotopic (exact) mass is 516 g/mol. The van der Waals surface area contributed by atoms with Crippen LogP contribution in [0.25, 0.3) is 0 Å². The molecule has 7 heteroatoms. The van der Waals surface area contributed by atoms with E-state index in [0.29, 0.717) is 22.4 Å². The third-order valence-electron chi connectivity index (χ3n) is 4.79. The number of para-hydroxylation sites is 1. The third kappa shape index (κ3) is 9.55. The highest BCUT2D eigenvalue weighted by molar-refractivity contribution is 6.83. The van der Waals surface area contributed by atoms with Crippen LogP contribution in [0.15, 0.2) is 115 Å². The fourth-order valence-electron chi connectivity index (χ4n) is 2.85. The molecular weight excluding hydrogens is 492 g/mol. The molecule has 0 bridgehead atoms. The van der Waals surface area contributed by atoms with Gasteiger partial charge < -0.3 is 9.47 Å². The molecule has 0 saturated heterocycles. The number of ketones is 3. The smallest absolute Gasteiger partial charge is 0.293 e. The van der Waals surface area contributed by atoms with Gasteiger partial charge in [-0.15, -0.1) is 0 Å². The second kappa shape index (κ2) is 15.4. The average molecular weight is 517 g/mol. The Balaban J connectivity index is 0.000000215. The van der Waals surface area contributed by atoms with E-state index >= 15 is 0 Å². The Morgan fingerprint density at radius 2 is 0.784 bits per heavy atom. The first-order chi connectivity index (χ1) is 17.9. The Morgan fingerprint density at radius 3 is 1.14 bits per heavy atom. The topological polar surface area (TPSA) is 86.7 Å². The van der Waals surface area contributed by atoms with E-state index in [1.807, 2.05) is 30.3 Å². The molecule has 4 aromatic carbocycles. The zero-order chi connectivity index (χ0) is 27.0. The SMILES string of the molecule is COc1ccc(C(=O)C(=O)c2ccccc2)cc1.COc1ccccc1.O=C(Cl)C(=O)c1ccccc1. The molecule has 4 rings (SSSR count). The summed E-state index contributed by atoms with van der Waals surface area (Å²) in [6, 6.07) is 32.9. The summed E-state index contributed by atoms with van der Waals surface area (Å²) in [4.78, 5) is 45.1. The lowest BCUT2D eigenvalue weighted by atomic mass is 10.0. The number of carbonyl (C=O) groups excluding carboxylic acids is 4. The molecule has 0 radical (unpaired) electrons. The molecule has 0 aliphatic rings. The number of hydrogen-bond acceptors (Lipinski definition) is 6. The maximum absolute atomic E-state index is 12.0. The minimum atomic E-state index is -0.948. The van der Waals surface area contributed by atoms with Crippen LogP contribution < -0.4 is 9.47 Å². The summed E-state index contributed by atoms with van der Waals surface area (Å²) >= 11 is 4.97. The van der Waals surface area contributed by atoms with Gasteiger partial charge in [-0.2, -0.15) is 0 Å². The van der Waals surface area contributed by atoms with Crippen LogP contribution in [0.2, 0.25) is 0 Å². The van der Waals surface area contributed by atoms with Crippen molar-refractivity contribution in [1.29, 1.82) is 0 Å². The zero-order valence-electron chi connectivity index (χ0n) is 20.3. The number of hydrogen-bond donors (Lipinski definition) is 0. The van der Waals surface area contributed by atoms with Crippen molar-refractivity contribution in [1.82, 2.24) is 0 Å². The van der Waals surface area contributed by atoms with Crippen molar-refractivity contribution in [2.24, 2.45) is 0 Å². The van der Waals surface area contributed by atoms with Crippen molar-refractivity contribution >= 4 is 34.2 Å². The van der Waals surface area contributed by atoms with Crippen LogP contribution in [-0.2, 0) is 4.79 Å². The van der Waals surface area contributed by atoms with E-state index in [-0.39, 0.29) is 0 Å². The van der Waals surface area contributed by atoms with E-state index in [0.717, 1.165) is 5.75 Å². The van der Waals surface area contributed by atoms with Crippen LogP contribution >= 0.6 is 11.6 Å². The van der Waals surface area contributed by atoms with Crippen LogP contribution in [0.5, 0.6) is 11.5 Å². The zero-order valence-corrected chi connectivity index (χ0v) is 21.1. The molecule has 0 unspecified atom stereocenters. The van der Waals surface area contributed by atoms with E-state index in [9.17, 15) is 19.2 Å². The summed E-state index contributed by atoms with van der Waals surface area (Å²) in [5.41, 5.74) is 1.09. The van der Waals surface area contributed by atoms with Crippen molar-refractivity contribution in [2.75, 3.05) is 14.2 Å². The lowest BCUT2D eigenvalue weighted by molar-refractivity contribution is -0.108. The molecule has 0 N–H and O–H groups in total. The second-order valence-electron chi connectivity index (χ2n) is 7.24. The summed E-state index contributed by atoms with van der Waals surface area (Å²) in [6.45, 7) is 0. The number of benzene rings is 4. The third-order valence-corrected chi connectivity index (χ3v) is 4.96. The van der Waals surface area contributed by atoms with Crippen LogP contribution in [0.4, 0.5) is 0 Å². The number of rotatable bonds is 7. The maximum Gasteiger partial charge on any atom is 0.293 e. The fraction of sp³-hybridized carbons (Fsp3) is 0.0667. The number of halogens is 1. The predicted octanol–water partition coefficient (Wildman–Crippen LogP) is 6.09. The molecule has 188 valence electrons. The van der Waals surface area contributed by atoms with Gasteiger partial charge in [0.1, 0.15) is 11.5 Å². The molecule has 6 nitrogen and oxygen atoms in total. The van der Waals surface area contributed by atoms with Crippen molar-refractivity contribution in [3.63, 3.8) is 0 Å². The molecule has 0 heterocycles. The molecule has 0 amide bonds. The maximum atomic E-state index is 12.0. The highest BCUT2D eigenvalue weighted by Crippen LogP contribution is 2.14. The molecule has 0 fully saturated rings. The molecule has 0 atom stereocenters. The Bertz CT molecular complexity index is 1290. The predicted molar refractivity (Wildman–Crippen MR) is 143 cm³/mol. The van der Waals surface area contributed by atoms with E-state index in [1.165, 1.54) is 0 Å². The number of Topliss-reactive ketones (excluding diaryl/α,β-unsaturated/α-hetero) is 3. The normalized spacial score (nSPS) is 9.38. The largest absolute Gasteiger partial charge is 0.497 e. The van der Waals surface area contributed by atoms with E-state index in [1.54, 1.807) is 99.1 Å². The van der Waals surface area contributed by atoms with Crippen molar-refractivity contribution in [2.45, 2.75) is 0 Å². The summed E-state index contributed by atoms with van der Waals surface area (Å²) in [5, 5.41) is -0.948. The van der Waals surface area contributed by atoms with Crippen LogP contribution in [0.3, 0.4) is 0 Å². The van der Waals surface area contributed by atoms with Crippen LogP contribution in [0, 0.1) is 0 Å². The highest BCUT2D eigenvalue weighted by atomic mass is 35.5. The van der Waals surface area contributed by atoms with E-state index in [4.69, 9.17) is 21.1 Å². The Morgan fingerprint density at radius 1 is 0.459 bits per heavy atom. The molecule has 0 aliphatic heterocycles. The van der Waals surface area contributed by atoms with E-state index in [2.05, 4.69) is 0 Å². The van der Waals surface area contributed by atoms with Crippen molar-refractivity contribution < 1.29 is 28.7 Å². The Hall–Kier alpha value is -4.55. The van der Waals surface area contributed by atoms with Gasteiger partial charge in [-0.05, 0) is 48.0 Å². The number of carbonyl (C=O) groups is 4. The van der Waals surface area contributed by atoms with Gasteiger partial charge in [-0.3, -0.25) is 19.2 Å². The van der Waals surface area contributed by atoms with Gasteiger partial charge in [-0.1, -0.05) is 78.9 Å². The van der Waals surface area contributed by atoms with Gasteiger partial charge in [-0.25, -0.2) is 0 Å². The van der Waals surface area contributed by atoms with Crippen molar-refractivity contribution in [3.8, 4) is 11.5 Å². The second-order valence-corrected chi connectivity index (χ2v) is 7.58. The molecule has 0 aliphatic carbocycles. The molecule has 4 aromatic rings. The quantitative estimate of drug-likeness (QED) is 0.168. The Labute approximate surface area is 220 Å². The van der Waals surface area contributed by atoms with E-state index < -0.39 is 22.6 Å². The van der Waals surface area contributed by atoms with Gasteiger partial charge in [0.15, 0.2) is 0 Å². The standard InChI is InChI=1S/C15H12O3.C8H5ClO2.C7H8O/c1-18-13-9-7-12(8-10-13)15(17)14(16)11-5-3-2-4-6-11;9-8(11)7(10)6-4-2-1-3-5-6;1-8-7-5-3-2-4-6-7/h2-10H,1H3;1-5H;2-6H,1H3. The molecule has 0 aromatic heterocycles. The molecule has 0 saturated carbocycles. The number of ether oxygens (including phenoxy) is 2. The minimum absolute atomic E-state index is 0.326. The lowest BCUT2D eigenvalue weighted by Gasteiger charge is -2.02. The van der Waals surface area contributed by atoms with Crippen molar-refractivity contribution in [3.05, 3.63) is 132 Å². The van der Waals surface area contributed by atoms with Gasteiger partial charge >= 0.3 is 0 Å². The highest BCUT2D eigenvalue weighted by Gasteiger charge is 2.17. The summed E-state index contributed by atoms with van der Waals surface area (Å²) in [7, 11) is 3.21. The molecule has 0 spiro atoms. The first-order valence-electron chi connectivity index (χ1n) is 11.0. The van der Waals surface area contributed by atoms with Gasteiger partial charge in [0.05, 0.1) is 14.2 Å². The number of methoxy groups -OCH3 is 2. The van der Waals surface area contributed by atoms with Crippen LogP contribution in [0.1, 0.15) is 31.1 Å². The molecule has 37 heavy (non-hydrogen) atoms. The fourth-order valence-corrected chi connectivity index (χ4v) is 2.96. The lowest BCUT2D eigenvalue weighted by Crippen LogP contribution is -2.14. The molecular formula is C30H25ClO6. The summed E-state index contributed by atoms with van der Waals surface area (Å²) < 4.78 is 9.91.